The summed E-state index contributed by atoms with van der Waals surface area (Å²) in [6, 6.07) is 11.1. The van der Waals surface area contributed by atoms with Crippen molar-refractivity contribution in [2.75, 3.05) is 33.4 Å². The van der Waals surface area contributed by atoms with E-state index >= 15 is 0 Å². The molecule has 0 radical (unpaired) electrons. The van der Waals surface area contributed by atoms with E-state index in [1.54, 1.807) is 41.5 Å². The Balaban J connectivity index is 1.59. The van der Waals surface area contributed by atoms with Gasteiger partial charge in [0.05, 0.1) is 31.9 Å². The molecular weight excluding hydrogens is 618 g/mol. The van der Waals surface area contributed by atoms with Crippen LogP contribution >= 0.6 is 11.3 Å². The topological polar surface area (TPSA) is 138 Å². The van der Waals surface area contributed by atoms with Gasteiger partial charge in [-0.1, -0.05) is 26.8 Å². The molecule has 10 nitrogen and oxygen atoms in total. The number of ether oxygens (including phenoxy) is 3. The average molecular weight is 664 g/mol. The molecule has 0 spiro atoms. The number of amides is 1. The molecule has 0 saturated heterocycles. The van der Waals surface area contributed by atoms with E-state index in [0.29, 0.717) is 73.1 Å². The Morgan fingerprint density at radius 3 is 2.45 bits per heavy atom. The third-order valence-corrected chi connectivity index (χ3v) is 8.80. The molecule has 0 saturated carbocycles. The SMILES string of the molecule is CCOc1cc2c(cc1C(=O)NC)C(=N)N(CC(=O)c1cc(OCCCc3cccs3)c(OCCCCC(=O)O)c(C(C)(C)C)c1)C2. The van der Waals surface area contributed by atoms with Gasteiger partial charge >= 0.3 is 5.97 Å². The van der Waals surface area contributed by atoms with Gasteiger partial charge in [0.25, 0.3) is 5.91 Å². The number of carbonyl (C=O) groups is 3. The maximum atomic E-state index is 13.9. The van der Waals surface area contributed by atoms with Crippen LogP contribution in [0, 0.1) is 5.41 Å². The number of nitrogens with one attached hydrogen (secondary N) is 2. The van der Waals surface area contributed by atoms with Crippen molar-refractivity contribution in [2.24, 2.45) is 0 Å². The monoisotopic (exact) mass is 663 g/mol. The van der Waals surface area contributed by atoms with Crippen molar-refractivity contribution in [3.05, 3.63) is 74.5 Å². The Labute approximate surface area is 280 Å². The number of unbranched alkanes of at least 4 members (excludes halogenated alkanes) is 1. The fourth-order valence-corrected chi connectivity index (χ4v) is 6.18. The molecule has 11 heteroatoms. The van der Waals surface area contributed by atoms with Crippen molar-refractivity contribution in [3.8, 4) is 17.2 Å². The van der Waals surface area contributed by atoms with Crippen LogP contribution in [-0.2, 0) is 23.2 Å². The quantitative estimate of drug-likeness (QED) is 0.110. The van der Waals surface area contributed by atoms with Gasteiger partial charge in [-0.15, -0.1) is 11.3 Å². The summed E-state index contributed by atoms with van der Waals surface area (Å²) in [6.45, 7) is 9.41. The molecule has 3 N–H and O–H groups in total. The van der Waals surface area contributed by atoms with E-state index in [4.69, 9.17) is 24.7 Å². The van der Waals surface area contributed by atoms with E-state index in [0.717, 1.165) is 24.0 Å². The van der Waals surface area contributed by atoms with Crippen LogP contribution in [0.4, 0.5) is 0 Å². The lowest BCUT2D eigenvalue weighted by atomic mass is 9.84. The number of amidine groups is 1. The number of fused-ring (bicyclic) bond motifs is 1. The lowest BCUT2D eigenvalue weighted by molar-refractivity contribution is -0.137. The molecule has 1 aliphatic rings. The van der Waals surface area contributed by atoms with Crippen molar-refractivity contribution in [3.63, 3.8) is 0 Å². The second-order valence-electron chi connectivity index (χ2n) is 12.5. The van der Waals surface area contributed by atoms with Crippen LogP contribution in [-0.4, -0.2) is 66.9 Å². The fourth-order valence-electron chi connectivity index (χ4n) is 5.43. The average Bonchev–Trinajstić information content (AvgIpc) is 3.65. The summed E-state index contributed by atoms with van der Waals surface area (Å²) in [6.07, 6.45) is 2.79. The molecule has 0 bridgehead atoms. The third-order valence-electron chi connectivity index (χ3n) is 7.87. The number of carbonyl (C=O) groups excluding carboxylic acids is 2. The van der Waals surface area contributed by atoms with Gasteiger partial charge in [-0.25, -0.2) is 0 Å². The van der Waals surface area contributed by atoms with Gasteiger partial charge in [0.1, 0.15) is 11.6 Å². The fraction of sp³-hybridized carbons (Fsp3) is 0.444. The predicted molar refractivity (Wildman–Crippen MR) is 183 cm³/mol. The van der Waals surface area contributed by atoms with Crippen LogP contribution in [0.2, 0.25) is 0 Å². The number of aliphatic carboxylic acids is 1. The highest BCUT2D eigenvalue weighted by molar-refractivity contribution is 7.09. The Morgan fingerprint density at radius 2 is 1.79 bits per heavy atom. The first-order chi connectivity index (χ1) is 22.4. The molecule has 1 amide bonds. The summed E-state index contributed by atoms with van der Waals surface area (Å²) >= 11 is 1.70. The first kappa shape index (κ1) is 35.5. The Morgan fingerprint density at radius 1 is 1.02 bits per heavy atom. The van der Waals surface area contributed by atoms with Crippen molar-refractivity contribution in [2.45, 2.75) is 71.8 Å². The van der Waals surface area contributed by atoms with E-state index in [1.807, 2.05) is 39.8 Å². The second-order valence-corrected chi connectivity index (χ2v) is 13.5. The molecular formula is C36H45N3O7S. The number of ketones is 1. The van der Waals surface area contributed by atoms with Gasteiger partial charge in [0.15, 0.2) is 17.3 Å². The summed E-state index contributed by atoms with van der Waals surface area (Å²) < 4.78 is 18.3. The zero-order valence-electron chi connectivity index (χ0n) is 27.9. The summed E-state index contributed by atoms with van der Waals surface area (Å²) in [5, 5.41) is 22.5. The molecule has 3 aromatic rings. The van der Waals surface area contributed by atoms with Crippen molar-refractivity contribution in [1.82, 2.24) is 10.2 Å². The Hall–Kier alpha value is -4.38. The van der Waals surface area contributed by atoms with E-state index < -0.39 is 11.4 Å². The number of aryl methyl sites for hydroxylation is 1. The highest BCUT2D eigenvalue weighted by atomic mass is 32.1. The number of rotatable bonds is 17. The first-order valence-corrected chi connectivity index (χ1v) is 16.9. The molecule has 2 heterocycles. The van der Waals surface area contributed by atoms with E-state index in [2.05, 4.69) is 16.8 Å². The zero-order chi connectivity index (χ0) is 34.1. The van der Waals surface area contributed by atoms with Gasteiger partial charge in [-0.05, 0) is 79.3 Å². The molecule has 0 unspecified atom stereocenters. The van der Waals surface area contributed by atoms with E-state index in [9.17, 15) is 14.4 Å². The summed E-state index contributed by atoms with van der Waals surface area (Å²) in [5.74, 6) is 0.327. The van der Waals surface area contributed by atoms with Crippen LogP contribution < -0.4 is 19.5 Å². The summed E-state index contributed by atoms with van der Waals surface area (Å²) in [4.78, 5) is 40.4. The Kier molecular flexibility index (Phi) is 12.0. The smallest absolute Gasteiger partial charge is 0.303 e. The molecule has 4 rings (SSSR count). The van der Waals surface area contributed by atoms with Crippen LogP contribution in [0.15, 0.2) is 41.8 Å². The third kappa shape index (κ3) is 9.12. The number of nitrogens with zero attached hydrogens (tertiary/aromatic N) is 1. The molecule has 0 atom stereocenters. The van der Waals surface area contributed by atoms with Crippen LogP contribution in [0.3, 0.4) is 0 Å². The predicted octanol–water partition coefficient (Wildman–Crippen LogP) is 6.47. The van der Waals surface area contributed by atoms with Gasteiger partial charge in [-0.3, -0.25) is 19.8 Å². The molecule has 2 aromatic carbocycles. The second kappa shape index (κ2) is 15.9. The van der Waals surface area contributed by atoms with Crippen molar-refractivity contribution < 1.29 is 33.7 Å². The van der Waals surface area contributed by atoms with Crippen molar-refractivity contribution >= 4 is 34.8 Å². The normalized spacial score (nSPS) is 12.5. The largest absolute Gasteiger partial charge is 0.493 e. The summed E-state index contributed by atoms with van der Waals surface area (Å²) in [5.41, 5.74) is 2.62. The number of thiophene rings is 1. The van der Waals surface area contributed by atoms with Crippen LogP contribution in [0.1, 0.15) is 95.7 Å². The minimum atomic E-state index is -0.839. The van der Waals surface area contributed by atoms with Crippen LogP contribution in [0.25, 0.3) is 0 Å². The van der Waals surface area contributed by atoms with Crippen molar-refractivity contribution in [1.29, 1.82) is 5.41 Å². The molecule has 0 aliphatic carbocycles. The minimum absolute atomic E-state index is 0.0381. The van der Waals surface area contributed by atoms with Gasteiger partial charge in [-0.2, -0.15) is 0 Å². The zero-order valence-corrected chi connectivity index (χ0v) is 28.7. The maximum Gasteiger partial charge on any atom is 0.303 e. The lowest BCUT2D eigenvalue weighted by Gasteiger charge is -2.26. The first-order valence-electron chi connectivity index (χ1n) is 16.0. The van der Waals surface area contributed by atoms with Gasteiger partial charge < -0.3 is 29.5 Å². The van der Waals surface area contributed by atoms with Crippen LogP contribution in [0.5, 0.6) is 17.2 Å². The lowest BCUT2D eigenvalue weighted by Crippen LogP contribution is -2.30. The molecule has 1 aliphatic heterocycles. The number of carboxylic acid groups (broad SMARTS) is 1. The van der Waals surface area contributed by atoms with E-state index in [-0.39, 0.29) is 30.5 Å². The highest BCUT2D eigenvalue weighted by Gasteiger charge is 2.31. The maximum absolute atomic E-state index is 13.9. The number of benzene rings is 2. The molecule has 47 heavy (non-hydrogen) atoms. The van der Waals surface area contributed by atoms with Gasteiger partial charge in [0.2, 0.25) is 0 Å². The minimum Gasteiger partial charge on any atom is -0.493 e. The number of hydrogen-bond donors (Lipinski definition) is 3. The number of hydrogen-bond acceptors (Lipinski definition) is 8. The molecule has 1 aromatic heterocycles. The standard InChI is InChI=1S/C36H45N3O7S/c1-6-44-30-19-24-21-39(34(37)26(24)20-27(30)35(43)38-5)22-29(40)23-17-28(36(2,3)4)33(46-14-8-7-13-32(41)42)31(18-23)45-15-9-11-25-12-10-16-47-25/h10,12,16-20,37H,6-9,11,13-15,21-22H2,1-5H3,(H,38,43)(H,41,42). The summed E-state index contributed by atoms with van der Waals surface area (Å²) in [7, 11) is 1.55. The van der Waals surface area contributed by atoms with Gasteiger partial charge in [0, 0.05) is 41.6 Å². The Bertz CT molecular complexity index is 1590. The number of Topliss-reactive ketones (excluding diaryl/α,β-unsaturated/α-hetero) is 1. The highest BCUT2D eigenvalue weighted by Crippen LogP contribution is 2.41. The van der Waals surface area contributed by atoms with E-state index in [1.165, 1.54) is 4.88 Å². The molecule has 252 valence electrons. The molecule has 0 fully saturated rings. The number of carboxylic acids is 1.